The number of hydrogen-bond donors (Lipinski definition) is 1. The fourth-order valence-corrected chi connectivity index (χ4v) is 7.20. The van der Waals surface area contributed by atoms with Gasteiger partial charge in [0.15, 0.2) is 5.82 Å². The molecule has 1 N–H and O–H groups in total. The Balaban J connectivity index is 1.26. The summed E-state index contributed by atoms with van der Waals surface area (Å²) in [5.74, 6) is 1.08. The van der Waals surface area contributed by atoms with Gasteiger partial charge in [-0.3, -0.25) is 4.90 Å². The van der Waals surface area contributed by atoms with Gasteiger partial charge in [0, 0.05) is 43.8 Å². The average molecular weight is 493 g/mol. The second kappa shape index (κ2) is 10.1. The van der Waals surface area contributed by atoms with E-state index < -0.39 is 0 Å². The van der Waals surface area contributed by atoms with Crippen LogP contribution in [0.25, 0.3) is 16.2 Å². The molecule has 3 aromatic rings. The summed E-state index contributed by atoms with van der Waals surface area (Å²) < 4.78 is 2.10. The van der Waals surface area contributed by atoms with Crippen LogP contribution in [-0.4, -0.2) is 57.8 Å². The molecule has 7 heteroatoms. The summed E-state index contributed by atoms with van der Waals surface area (Å²) >= 11 is 1.75. The average Bonchev–Trinajstić information content (AvgIpc) is 3.46. The van der Waals surface area contributed by atoms with Crippen LogP contribution in [0.2, 0.25) is 0 Å². The highest BCUT2D eigenvalue weighted by atomic mass is 32.1. The molecule has 0 amide bonds. The maximum atomic E-state index is 5.14. The van der Waals surface area contributed by atoms with Crippen molar-refractivity contribution in [3.63, 3.8) is 0 Å². The third-order valence-corrected chi connectivity index (χ3v) is 9.56. The number of anilines is 2. The minimum atomic E-state index is 0.512. The van der Waals surface area contributed by atoms with Crippen molar-refractivity contribution in [1.29, 1.82) is 0 Å². The van der Waals surface area contributed by atoms with Crippen molar-refractivity contribution < 1.29 is 0 Å². The number of piperazine rings is 1. The number of benzene rings is 1. The zero-order valence-corrected chi connectivity index (χ0v) is 22.2. The molecule has 3 fully saturated rings. The lowest BCUT2D eigenvalue weighted by Crippen LogP contribution is -2.50. The number of nitrogens with zero attached hydrogens (tertiary/aromatic N) is 5. The van der Waals surface area contributed by atoms with E-state index >= 15 is 0 Å². The number of nitrogens with one attached hydrogen (secondary N) is 1. The van der Waals surface area contributed by atoms with Gasteiger partial charge in [-0.25, -0.2) is 4.98 Å². The van der Waals surface area contributed by atoms with Gasteiger partial charge in [0.05, 0.1) is 0 Å². The van der Waals surface area contributed by atoms with Crippen molar-refractivity contribution >= 4 is 27.2 Å². The second-order valence-electron chi connectivity index (χ2n) is 11.0. The predicted octanol–water partition coefficient (Wildman–Crippen LogP) is 6.27. The summed E-state index contributed by atoms with van der Waals surface area (Å²) in [6.45, 7) is 8.83. The van der Waals surface area contributed by atoms with Gasteiger partial charge in [-0.1, -0.05) is 62.0 Å². The first-order valence-corrected chi connectivity index (χ1v) is 14.7. The van der Waals surface area contributed by atoms with Gasteiger partial charge in [0.2, 0.25) is 10.1 Å². The van der Waals surface area contributed by atoms with E-state index in [1.165, 1.54) is 80.9 Å². The second-order valence-corrected chi connectivity index (χ2v) is 11.9. The molecule has 0 bridgehead atoms. The summed E-state index contributed by atoms with van der Waals surface area (Å²) in [5, 5.41) is 10.2. The van der Waals surface area contributed by atoms with Crippen LogP contribution in [0.5, 0.6) is 0 Å². The van der Waals surface area contributed by atoms with Crippen LogP contribution in [0.3, 0.4) is 0 Å². The Morgan fingerprint density at radius 1 is 0.857 bits per heavy atom. The Hall–Kier alpha value is -2.12. The summed E-state index contributed by atoms with van der Waals surface area (Å²) in [7, 11) is 0. The summed E-state index contributed by atoms with van der Waals surface area (Å²) in [6, 6.07) is 8.03. The normalized spacial score (nSPS) is 21.1. The van der Waals surface area contributed by atoms with Gasteiger partial charge in [0.1, 0.15) is 5.69 Å². The zero-order chi connectivity index (χ0) is 23.8. The molecule has 2 aromatic heterocycles. The van der Waals surface area contributed by atoms with E-state index in [9.17, 15) is 0 Å². The van der Waals surface area contributed by atoms with Gasteiger partial charge in [0.25, 0.3) is 0 Å². The van der Waals surface area contributed by atoms with Crippen molar-refractivity contribution in [3.8, 4) is 11.3 Å². The maximum absolute atomic E-state index is 5.14. The molecule has 0 spiro atoms. The molecular weight excluding hydrogens is 452 g/mol. The molecule has 188 valence electrons. The highest BCUT2D eigenvalue weighted by Crippen LogP contribution is 2.36. The number of fused-ring (bicyclic) bond motifs is 1. The molecule has 1 aromatic carbocycles. The number of rotatable bonds is 5. The van der Waals surface area contributed by atoms with Crippen LogP contribution in [0.4, 0.5) is 10.9 Å². The Bertz CT molecular complexity index is 1150. The Kier molecular flexibility index (Phi) is 6.72. The van der Waals surface area contributed by atoms with Crippen LogP contribution in [0.15, 0.2) is 18.2 Å². The quantitative estimate of drug-likeness (QED) is 0.455. The van der Waals surface area contributed by atoms with Gasteiger partial charge >= 0.3 is 0 Å². The molecule has 1 aliphatic heterocycles. The van der Waals surface area contributed by atoms with Gasteiger partial charge in [-0.2, -0.15) is 4.52 Å². The van der Waals surface area contributed by atoms with Crippen molar-refractivity contribution in [2.45, 2.75) is 90.1 Å². The number of hydrogen-bond acceptors (Lipinski definition) is 6. The Labute approximate surface area is 213 Å². The number of aryl methyl sites for hydroxylation is 2. The topological polar surface area (TPSA) is 48.7 Å². The van der Waals surface area contributed by atoms with Gasteiger partial charge in [-0.15, -0.1) is 5.10 Å². The van der Waals surface area contributed by atoms with Crippen molar-refractivity contribution in [3.05, 3.63) is 29.3 Å². The molecule has 6 rings (SSSR count). The van der Waals surface area contributed by atoms with Crippen molar-refractivity contribution in [1.82, 2.24) is 19.5 Å². The van der Waals surface area contributed by atoms with E-state index in [4.69, 9.17) is 10.1 Å². The lowest BCUT2D eigenvalue weighted by molar-refractivity contribution is 0.148. The lowest BCUT2D eigenvalue weighted by atomic mass is 9.94. The highest BCUT2D eigenvalue weighted by molar-refractivity contribution is 7.20. The first-order valence-electron chi connectivity index (χ1n) is 13.9. The third-order valence-electron chi connectivity index (χ3n) is 8.60. The zero-order valence-electron chi connectivity index (χ0n) is 21.4. The molecular formula is C28H40N6S. The lowest BCUT2D eigenvalue weighted by Gasteiger charge is -2.40. The van der Waals surface area contributed by atoms with Crippen LogP contribution >= 0.6 is 11.3 Å². The maximum Gasteiger partial charge on any atom is 0.216 e. The van der Waals surface area contributed by atoms with Gasteiger partial charge < -0.3 is 10.2 Å². The monoisotopic (exact) mass is 492 g/mol. The molecule has 2 aliphatic carbocycles. The fourth-order valence-electron chi connectivity index (χ4n) is 6.25. The molecule has 0 atom stereocenters. The molecule has 1 saturated heterocycles. The SMILES string of the molecule is Cc1ccc(-c2nc3sc(N4CCN(C5CCCCC5)CC4)nn3c2NC2CCCCC2)cc1C. The molecule has 35 heavy (non-hydrogen) atoms. The predicted molar refractivity (Wildman–Crippen MR) is 147 cm³/mol. The first kappa shape index (κ1) is 23.3. The Morgan fingerprint density at radius 2 is 1.57 bits per heavy atom. The van der Waals surface area contributed by atoms with Crippen LogP contribution in [-0.2, 0) is 0 Å². The minimum Gasteiger partial charge on any atom is -0.365 e. The van der Waals surface area contributed by atoms with Crippen molar-refractivity contribution in [2.75, 3.05) is 36.4 Å². The van der Waals surface area contributed by atoms with E-state index in [2.05, 4.69) is 51.7 Å². The Morgan fingerprint density at radius 3 is 2.29 bits per heavy atom. The van der Waals surface area contributed by atoms with Crippen LogP contribution in [0, 0.1) is 13.8 Å². The van der Waals surface area contributed by atoms with E-state index in [1.807, 2.05) is 0 Å². The first-order chi connectivity index (χ1) is 17.2. The molecule has 6 nitrogen and oxygen atoms in total. The molecule has 2 saturated carbocycles. The smallest absolute Gasteiger partial charge is 0.216 e. The van der Waals surface area contributed by atoms with E-state index in [0.717, 1.165) is 53.8 Å². The molecule has 3 aliphatic rings. The van der Waals surface area contributed by atoms with Gasteiger partial charge in [-0.05, 0) is 56.7 Å². The van der Waals surface area contributed by atoms with Crippen molar-refractivity contribution in [2.24, 2.45) is 0 Å². The minimum absolute atomic E-state index is 0.512. The molecule has 3 heterocycles. The number of imidazole rings is 1. The highest BCUT2D eigenvalue weighted by Gasteiger charge is 2.28. The summed E-state index contributed by atoms with van der Waals surface area (Å²) in [5.41, 5.74) is 4.87. The van der Waals surface area contributed by atoms with E-state index in [1.54, 1.807) is 11.3 Å². The van der Waals surface area contributed by atoms with E-state index in [-0.39, 0.29) is 0 Å². The summed E-state index contributed by atoms with van der Waals surface area (Å²) in [4.78, 5) is 11.4. The fraction of sp³-hybridized carbons (Fsp3) is 0.643. The van der Waals surface area contributed by atoms with Crippen LogP contribution in [0.1, 0.15) is 75.3 Å². The number of aromatic nitrogens is 3. The molecule has 0 unspecified atom stereocenters. The van der Waals surface area contributed by atoms with E-state index in [0.29, 0.717) is 6.04 Å². The third kappa shape index (κ3) is 4.82. The summed E-state index contributed by atoms with van der Waals surface area (Å²) in [6.07, 6.45) is 13.5. The standard InChI is InChI=1S/C28H40N6S/c1-20-13-14-22(19-21(20)2)25-26(29-23-9-5-3-6-10-23)34-27(30-25)35-28(31-34)33-17-15-32(16-18-33)24-11-7-4-8-12-24/h13-14,19,23-24,29H,3-12,15-18H2,1-2H3. The largest absolute Gasteiger partial charge is 0.365 e. The molecule has 0 radical (unpaired) electrons. The van der Waals surface area contributed by atoms with Crippen LogP contribution < -0.4 is 10.2 Å².